The van der Waals surface area contributed by atoms with Crippen LogP contribution in [0, 0.1) is 23.2 Å². The van der Waals surface area contributed by atoms with Crippen LogP contribution in [-0.2, 0) is 9.53 Å². The van der Waals surface area contributed by atoms with Gasteiger partial charge < -0.3 is 4.74 Å². The van der Waals surface area contributed by atoms with Gasteiger partial charge in [0.25, 0.3) is 0 Å². The second-order valence-corrected chi connectivity index (χ2v) is 5.84. The normalized spacial score (nSPS) is 28.1. The molecule has 0 N–H and O–H groups in total. The van der Waals surface area contributed by atoms with Crippen LogP contribution in [0.2, 0.25) is 0 Å². The van der Waals surface area contributed by atoms with Gasteiger partial charge in [-0.2, -0.15) is 0 Å². The maximum atomic E-state index is 11.4. The van der Waals surface area contributed by atoms with Crippen molar-refractivity contribution < 1.29 is 9.53 Å². The summed E-state index contributed by atoms with van der Waals surface area (Å²) in [6.07, 6.45) is 2.26. The summed E-state index contributed by atoms with van der Waals surface area (Å²) >= 11 is 0. The van der Waals surface area contributed by atoms with Crippen LogP contribution in [0.4, 0.5) is 0 Å². The highest BCUT2D eigenvalue weighted by Crippen LogP contribution is 2.46. The van der Waals surface area contributed by atoms with Crippen LogP contribution in [0.25, 0.3) is 0 Å². The van der Waals surface area contributed by atoms with Crippen molar-refractivity contribution in [3.05, 3.63) is 11.6 Å². The summed E-state index contributed by atoms with van der Waals surface area (Å²) in [4.78, 5) is 11.4. The third kappa shape index (κ3) is 2.47. The molecule has 1 aliphatic rings. The van der Waals surface area contributed by atoms with Crippen LogP contribution in [0.15, 0.2) is 11.6 Å². The van der Waals surface area contributed by atoms with Gasteiger partial charge in [0, 0.05) is 5.92 Å². The third-order valence-electron chi connectivity index (χ3n) is 4.10. The molecule has 1 rings (SSSR count). The fourth-order valence-corrected chi connectivity index (χ4v) is 2.19. The number of allylic oxidation sites excluding steroid dienone is 1. The molecule has 0 fully saturated rings. The average Bonchev–Trinajstić information content (AvgIpc) is 2.38. The van der Waals surface area contributed by atoms with E-state index in [0.29, 0.717) is 18.4 Å². The first-order valence-corrected chi connectivity index (χ1v) is 6.11. The molecule has 2 nitrogen and oxygen atoms in total. The number of hydrogen-bond acceptors (Lipinski definition) is 2. The maximum absolute atomic E-state index is 11.4. The molecule has 0 bridgehead atoms. The van der Waals surface area contributed by atoms with Crippen LogP contribution in [0.1, 0.15) is 41.5 Å². The number of rotatable bonds is 3. The van der Waals surface area contributed by atoms with Crippen molar-refractivity contribution in [1.82, 2.24) is 0 Å². The van der Waals surface area contributed by atoms with Crippen molar-refractivity contribution in [2.45, 2.75) is 41.5 Å². The van der Waals surface area contributed by atoms with Crippen LogP contribution < -0.4 is 0 Å². The Hall–Kier alpha value is -0.790. The topological polar surface area (TPSA) is 26.3 Å². The average molecular weight is 224 g/mol. The molecule has 0 spiro atoms. The lowest BCUT2D eigenvalue weighted by molar-refractivity contribution is -0.149. The Morgan fingerprint density at radius 3 is 2.44 bits per heavy atom. The van der Waals surface area contributed by atoms with Gasteiger partial charge in [0.1, 0.15) is 0 Å². The van der Waals surface area contributed by atoms with Crippen LogP contribution >= 0.6 is 0 Å². The number of carbonyl (C=O) groups is 1. The summed E-state index contributed by atoms with van der Waals surface area (Å²) < 4.78 is 5.34. The molecule has 0 saturated heterocycles. The van der Waals surface area contributed by atoms with E-state index in [4.69, 9.17) is 4.74 Å². The zero-order valence-electron chi connectivity index (χ0n) is 11.3. The second kappa shape index (κ2) is 4.60. The summed E-state index contributed by atoms with van der Waals surface area (Å²) in [6.45, 7) is 13.2. The van der Waals surface area contributed by atoms with E-state index in [1.54, 1.807) is 0 Å². The van der Waals surface area contributed by atoms with Crippen molar-refractivity contribution in [3.63, 3.8) is 0 Å². The molecule has 0 aromatic heterocycles. The zero-order chi connectivity index (χ0) is 12.5. The van der Waals surface area contributed by atoms with Crippen LogP contribution in [0.5, 0.6) is 0 Å². The van der Waals surface area contributed by atoms with Gasteiger partial charge >= 0.3 is 5.97 Å². The number of hydrogen-bond donors (Lipinski definition) is 0. The largest absolute Gasteiger partial charge is 0.465 e. The first-order chi connectivity index (χ1) is 7.26. The molecule has 0 amide bonds. The SMILES string of the molecule is CC1=C[C@@H](COC(=O)C(C)C)C(C)(C)[C@@H]1C. The second-order valence-electron chi connectivity index (χ2n) is 5.84. The molecule has 0 radical (unpaired) electrons. The summed E-state index contributed by atoms with van der Waals surface area (Å²) in [5.41, 5.74) is 1.61. The molecular formula is C14H24O2. The minimum absolute atomic E-state index is 0.0352. The summed E-state index contributed by atoms with van der Waals surface area (Å²) in [6, 6.07) is 0. The molecular weight excluding hydrogens is 200 g/mol. The Kier molecular flexibility index (Phi) is 3.82. The predicted octanol–water partition coefficient (Wildman–Crippen LogP) is 3.42. The van der Waals surface area contributed by atoms with Crippen LogP contribution in [0.3, 0.4) is 0 Å². The standard InChI is InChI=1S/C14H24O2/c1-9(2)13(15)16-8-12-7-10(3)11(4)14(12,5)6/h7,9,11-12H,8H2,1-6H3/t11-,12+/m1/s1. The Bertz CT molecular complexity index is 300. The first kappa shape index (κ1) is 13.3. The van der Waals surface area contributed by atoms with Gasteiger partial charge in [-0.15, -0.1) is 0 Å². The monoisotopic (exact) mass is 224 g/mol. The molecule has 0 aromatic rings. The molecule has 1 aliphatic carbocycles. The molecule has 0 aromatic carbocycles. The summed E-state index contributed by atoms with van der Waals surface area (Å²) in [5, 5.41) is 0. The molecule has 2 heteroatoms. The van der Waals surface area contributed by atoms with E-state index in [1.807, 2.05) is 13.8 Å². The van der Waals surface area contributed by atoms with Gasteiger partial charge in [-0.3, -0.25) is 4.79 Å². The quantitative estimate of drug-likeness (QED) is 0.542. The van der Waals surface area contributed by atoms with Crippen molar-refractivity contribution in [1.29, 1.82) is 0 Å². The summed E-state index contributed by atoms with van der Waals surface area (Å²) in [7, 11) is 0. The Morgan fingerprint density at radius 1 is 1.50 bits per heavy atom. The lowest BCUT2D eigenvalue weighted by Crippen LogP contribution is -2.29. The smallest absolute Gasteiger partial charge is 0.308 e. The first-order valence-electron chi connectivity index (χ1n) is 6.11. The fourth-order valence-electron chi connectivity index (χ4n) is 2.19. The molecule has 92 valence electrons. The molecule has 2 atom stereocenters. The molecule has 0 saturated carbocycles. The van der Waals surface area contributed by atoms with Crippen molar-refractivity contribution in [3.8, 4) is 0 Å². The number of ether oxygens (including phenoxy) is 1. The highest BCUT2D eigenvalue weighted by Gasteiger charge is 2.40. The van der Waals surface area contributed by atoms with Crippen molar-refractivity contribution >= 4 is 5.97 Å². The maximum Gasteiger partial charge on any atom is 0.308 e. The van der Waals surface area contributed by atoms with E-state index in [9.17, 15) is 4.79 Å². The fraction of sp³-hybridized carbons (Fsp3) is 0.786. The highest BCUT2D eigenvalue weighted by molar-refractivity contribution is 5.71. The van der Waals surface area contributed by atoms with Gasteiger partial charge in [0.2, 0.25) is 0 Å². The Labute approximate surface area is 99.1 Å². The number of esters is 1. The van der Waals surface area contributed by atoms with Crippen LogP contribution in [-0.4, -0.2) is 12.6 Å². The minimum Gasteiger partial charge on any atom is -0.465 e. The Morgan fingerprint density at radius 2 is 2.06 bits per heavy atom. The zero-order valence-corrected chi connectivity index (χ0v) is 11.3. The number of carbonyl (C=O) groups excluding carboxylic acids is 1. The lowest BCUT2D eigenvalue weighted by Gasteiger charge is -2.32. The highest BCUT2D eigenvalue weighted by atomic mass is 16.5. The van der Waals surface area contributed by atoms with E-state index in [1.165, 1.54) is 5.57 Å². The van der Waals surface area contributed by atoms with E-state index < -0.39 is 0 Å². The third-order valence-corrected chi connectivity index (χ3v) is 4.10. The van der Waals surface area contributed by atoms with Gasteiger partial charge in [0.15, 0.2) is 0 Å². The van der Waals surface area contributed by atoms with E-state index in [-0.39, 0.29) is 17.3 Å². The molecule has 0 unspecified atom stereocenters. The Balaban J connectivity index is 2.59. The molecule has 0 heterocycles. The van der Waals surface area contributed by atoms with Crippen molar-refractivity contribution in [2.75, 3.05) is 6.61 Å². The van der Waals surface area contributed by atoms with E-state index in [2.05, 4.69) is 33.8 Å². The van der Waals surface area contributed by atoms with Gasteiger partial charge in [-0.1, -0.05) is 46.3 Å². The van der Waals surface area contributed by atoms with Gasteiger partial charge in [-0.25, -0.2) is 0 Å². The molecule has 16 heavy (non-hydrogen) atoms. The molecule has 0 aliphatic heterocycles. The minimum atomic E-state index is -0.0959. The van der Waals surface area contributed by atoms with E-state index >= 15 is 0 Å². The van der Waals surface area contributed by atoms with E-state index in [0.717, 1.165) is 0 Å². The summed E-state index contributed by atoms with van der Waals surface area (Å²) in [5.74, 6) is 0.786. The van der Waals surface area contributed by atoms with Gasteiger partial charge in [0.05, 0.1) is 12.5 Å². The predicted molar refractivity (Wildman–Crippen MR) is 66.0 cm³/mol. The van der Waals surface area contributed by atoms with Crippen molar-refractivity contribution in [2.24, 2.45) is 23.2 Å². The van der Waals surface area contributed by atoms with Gasteiger partial charge in [-0.05, 0) is 18.3 Å². The lowest BCUT2D eigenvalue weighted by atomic mass is 9.74.